The molecule has 2 amide bonds. The van der Waals surface area contributed by atoms with Crippen LogP contribution in [0.15, 0.2) is 60.6 Å². The number of carbonyl (C=O) groups excluding carboxylic acids is 3. The average molecular weight is 597 g/mol. The molecule has 0 saturated carbocycles. The molecule has 5 atom stereocenters. The topological polar surface area (TPSA) is 124 Å². The summed E-state index contributed by atoms with van der Waals surface area (Å²) in [6.45, 7) is 0. The molecule has 0 aliphatic carbocycles. The molecule has 2 aromatic rings. The Morgan fingerprint density at radius 1 is 1.00 bits per heavy atom. The number of amides is 2. The quantitative estimate of drug-likeness (QED) is 0.407. The second-order valence-corrected chi connectivity index (χ2v) is 12.7. The minimum Gasteiger partial charge on any atom is -0.493 e. The van der Waals surface area contributed by atoms with Crippen LogP contribution in [-0.4, -0.2) is 81.9 Å². The van der Waals surface area contributed by atoms with Crippen molar-refractivity contribution in [1.82, 2.24) is 9.80 Å². The van der Waals surface area contributed by atoms with Crippen LogP contribution in [0.3, 0.4) is 0 Å². The SMILES string of the molecule is COc1ccc2cc1Oc1cc(ccc1OC)C(=O)OC1C=COC=C3C1N1C(=O)C4(C2)SSC1(C(=O)N4C)C3O. The predicted octanol–water partition coefficient (Wildman–Crippen LogP) is 2.84. The van der Waals surface area contributed by atoms with Gasteiger partial charge in [0, 0.05) is 19.0 Å². The molecule has 11 nitrogen and oxygen atoms in total. The van der Waals surface area contributed by atoms with E-state index in [1.807, 2.05) is 0 Å². The van der Waals surface area contributed by atoms with E-state index >= 15 is 0 Å². The van der Waals surface area contributed by atoms with Gasteiger partial charge in [0.25, 0.3) is 11.8 Å². The molecule has 6 heterocycles. The predicted molar refractivity (Wildman–Crippen MR) is 147 cm³/mol. The maximum Gasteiger partial charge on any atom is 0.338 e. The van der Waals surface area contributed by atoms with E-state index in [1.54, 1.807) is 31.3 Å². The largest absolute Gasteiger partial charge is 0.493 e. The number of aliphatic hydroxyl groups is 1. The molecule has 4 saturated heterocycles. The number of methoxy groups -OCH3 is 2. The zero-order valence-electron chi connectivity index (χ0n) is 22.1. The number of hydrogen-bond acceptors (Lipinski definition) is 11. The number of nitrogens with zero attached hydrogens (tertiary/aromatic N) is 2. The maximum absolute atomic E-state index is 14.6. The van der Waals surface area contributed by atoms with Crippen molar-refractivity contribution in [3.63, 3.8) is 0 Å². The first kappa shape index (κ1) is 26.1. The number of hydrogen-bond donors (Lipinski definition) is 1. The summed E-state index contributed by atoms with van der Waals surface area (Å²) in [5, 5.41) is 11.6. The van der Waals surface area contributed by atoms with Gasteiger partial charge in [0.1, 0.15) is 18.2 Å². The zero-order valence-corrected chi connectivity index (χ0v) is 23.7. The molecule has 0 aromatic heterocycles. The molecule has 1 N–H and O–H groups in total. The molecule has 41 heavy (non-hydrogen) atoms. The number of benzene rings is 2. The van der Waals surface area contributed by atoms with E-state index in [1.165, 1.54) is 65.5 Å². The highest BCUT2D eigenvalue weighted by Crippen LogP contribution is 2.65. The van der Waals surface area contributed by atoms with Gasteiger partial charge < -0.3 is 38.6 Å². The van der Waals surface area contributed by atoms with Crippen molar-refractivity contribution in [1.29, 1.82) is 0 Å². The van der Waals surface area contributed by atoms with Gasteiger partial charge in [-0.25, -0.2) is 4.79 Å². The first-order chi connectivity index (χ1) is 19.7. The molecule has 212 valence electrons. The Hall–Kier alpha value is -3.81. The van der Waals surface area contributed by atoms with E-state index in [9.17, 15) is 19.5 Å². The lowest BCUT2D eigenvalue weighted by molar-refractivity contribution is -0.169. The molecule has 2 spiro atoms. The monoisotopic (exact) mass is 596 g/mol. The third-order valence-electron chi connectivity index (χ3n) is 8.07. The highest BCUT2D eigenvalue weighted by molar-refractivity contribution is 8.78. The Balaban J connectivity index is 1.46. The van der Waals surface area contributed by atoms with Gasteiger partial charge in [-0.1, -0.05) is 16.9 Å². The first-order valence-electron chi connectivity index (χ1n) is 12.7. The number of esters is 1. The second-order valence-electron chi connectivity index (χ2n) is 10.1. The number of likely N-dealkylation sites (N-methyl/N-ethyl adjacent to an activating group) is 1. The average Bonchev–Trinajstić information content (AvgIpc) is 3.07. The van der Waals surface area contributed by atoms with Gasteiger partial charge in [-0.3, -0.25) is 9.59 Å². The van der Waals surface area contributed by atoms with Crippen molar-refractivity contribution >= 4 is 39.4 Å². The van der Waals surface area contributed by atoms with Crippen LogP contribution in [0.25, 0.3) is 0 Å². The Bertz CT molecular complexity index is 1580. The van der Waals surface area contributed by atoms with Gasteiger partial charge in [-0.2, -0.15) is 0 Å². The number of fused-ring (bicyclic) bond motifs is 6. The van der Waals surface area contributed by atoms with Crippen LogP contribution in [0.4, 0.5) is 0 Å². The van der Waals surface area contributed by atoms with Crippen LogP contribution in [0.5, 0.6) is 23.0 Å². The summed E-state index contributed by atoms with van der Waals surface area (Å²) in [5.74, 6) is -0.165. The van der Waals surface area contributed by atoms with Gasteiger partial charge in [0.05, 0.1) is 32.3 Å². The highest BCUT2D eigenvalue weighted by Gasteiger charge is 2.77. The van der Waals surface area contributed by atoms with Gasteiger partial charge in [0.15, 0.2) is 27.9 Å². The lowest BCUT2D eigenvalue weighted by Crippen LogP contribution is -2.78. The van der Waals surface area contributed by atoms with Crippen molar-refractivity contribution in [2.24, 2.45) is 0 Å². The minimum absolute atomic E-state index is 0.133. The number of aliphatic hydroxyl groups excluding tert-OH is 1. The first-order valence-corrected chi connectivity index (χ1v) is 14.8. The third kappa shape index (κ3) is 3.42. The van der Waals surface area contributed by atoms with Gasteiger partial charge in [-0.05, 0) is 52.8 Å². The number of piperazine rings is 1. The summed E-state index contributed by atoms with van der Waals surface area (Å²) in [4.78, 5) is 42.0. The van der Waals surface area contributed by atoms with Gasteiger partial charge in [-0.15, -0.1) is 0 Å². The summed E-state index contributed by atoms with van der Waals surface area (Å²) in [6.07, 6.45) is 1.83. The van der Waals surface area contributed by atoms with Crippen molar-refractivity contribution in [2.75, 3.05) is 21.3 Å². The third-order valence-corrected chi connectivity index (χ3v) is 11.7. The van der Waals surface area contributed by atoms with E-state index < -0.39 is 39.9 Å². The van der Waals surface area contributed by atoms with E-state index in [2.05, 4.69) is 0 Å². The lowest BCUT2D eigenvalue weighted by Gasteiger charge is -2.59. The van der Waals surface area contributed by atoms with Crippen LogP contribution >= 0.6 is 21.6 Å². The molecule has 8 rings (SSSR count). The summed E-state index contributed by atoms with van der Waals surface area (Å²) in [5.41, 5.74) is 1.13. The van der Waals surface area contributed by atoms with Crippen LogP contribution in [0.1, 0.15) is 15.9 Å². The fourth-order valence-electron chi connectivity index (χ4n) is 5.98. The summed E-state index contributed by atoms with van der Waals surface area (Å²) in [6, 6.07) is 8.91. The normalized spacial score (nSPS) is 31.3. The fourth-order valence-corrected chi connectivity index (χ4v) is 9.79. The zero-order chi connectivity index (χ0) is 28.7. The Morgan fingerprint density at radius 3 is 2.49 bits per heavy atom. The van der Waals surface area contributed by atoms with Crippen molar-refractivity contribution in [2.45, 2.75) is 34.4 Å². The van der Waals surface area contributed by atoms with Crippen LogP contribution in [-0.2, 0) is 25.5 Å². The van der Waals surface area contributed by atoms with Gasteiger partial charge in [0.2, 0.25) is 4.87 Å². The van der Waals surface area contributed by atoms with E-state index in [0.717, 1.165) is 10.8 Å². The van der Waals surface area contributed by atoms with Crippen molar-refractivity contribution in [3.05, 3.63) is 71.7 Å². The molecular formula is C28H24N2O9S2. The Kier molecular flexibility index (Phi) is 5.79. The van der Waals surface area contributed by atoms with Crippen LogP contribution in [0, 0.1) is 0 Å². The molecule has 13 heteroatoms. The highest BCUT2D eigenvalue weighted by atomic mass is 33.1. The smallest absolute Gasteiger partial charge is 0.338 e. The molecule has 7 bridgehead atoms. The van der Waals surface area contributed by atoms with E-state index in [-0.39, 0.29) is 29.2 Å². The lowest BCUT2D eigenvalue weighted by atomic mass is 9.96. The molecule has 2 aromatic carbocycles. The fraction of sp³-hybridized carbons (Fsp3) is 0.321. The number of carbonyl (C=O) groups is 3. The molecule has 4 fully saturated rings. The van der Waals surface area contributed by atoms with Crippen LogP contribution < -0.4 is 14.2 Å². The standard InChI is InChI=1S/C28H24N2O9S2/c1-29-26(34)28-23(31)16-13-37-9-8-19-22(16)30(28)25(33)27(29,40-41-28)12-14-4-6-17(35-2)20(10-14)38-21-11-15(24(32)39-19)5-7-18(21)36-3/h4-11,13,19,22-23,31H,12H2,1-3H3. The maximum atomic E-state index is 14.6. The molecule has 6 aliphatic heterocycles. The van der Waals surface area contributed by atoms with E-state index in [0.29, 0.717) is 22.8 Å². The molecule has 6 aliphatic rings. The minimum atomic E-state index is -1.65. The number of rotatable bonds is 2. The van der Waals surface area contributed by atoms with E-state index in [4.69, 9.17) is 23.7 Å². The molecule has 0 radical (unpaired) electrons. The molecule has 5 unspecified atom stereocenters. The Morgan fingerprint density at radius 2 is 1.73 bits per heavy atom. The summed E-state index contributed by atoms with van der Waals surface area (Å²) >= 11 is 0. The van der Waals surface area contributed by atoms with Crippen LogP contribution in [0.2, 0.25) is 0 Å². The molecular weight excluding hydrogens is 572 g/mol. The van der Waals surface area contributed by atoms with Crippen molar-refractivity contribution < 1.29 is 43.2 Å². The second kappa shape index (κ2) is 9.10. The van der Waals surface area contributed by atoms with Crippen molar-refractivity contribution in [3.8, 4) is 23.0 Å². The summed E-state index contributed by atoms with van der Waals surface area (Å²) < 4.78 is 28.7. The summed E-state index contributed by atoms with van der Waals surface area (Å²) in [7, 11) is 6.93. The number of ether oxygens (including phenoxy) is 5. The van der Waals surface area contributed by atoms with Gasteiger partial charge >= 0.3 is 5.97 Å². The Labute approximate surface area is 242 Å².